The molecule has 2 N–H and O–H groups in total. The molecule has 1 unspecified atom stereocenters. The Bertz CT molecular complexity index is 946. The van der Waals surface area contributed by atoms with Crippen LogP contribution in [-0.4, -0.2) is 71.5 Å². The fourth-order valence-corrected chi connectivity index (χ4v) is 4.35. The Labute approximate surface area is 188 Å². The highest BCUT2D eigenvalue weighted by Gasteiger charge is 2.43. The number of ether oxygens (including phenoxy) is 2. The maximum atomic E-state index is 13.1. The zero-order chi connectivity index (χ0) is 22.4. The van der Waals surface area contributed by atoms with Crippen molar-refractivity contribution in [2.45, 2.75) is 31.3 Å². The first-order valence-electron chi connectivity index (χ1n) is 11.2. The minimum absolute atomic E-state index is 0.131. The van der Waals surface area contributed by atoms with Crippen LogP contribution in [0.25, 0.3) is 0 Å². The van der Waals surface area contributed by atoms with Gasteiger partial charge in [-0.15, -0.1) is 0 Å². The smallest absolute Gasteiger partial charge is 0.253 e. The van der Waals surface area contributed by atoms with E-state index in [0.717, 1.165) is 25.0 Å². The lowest BCUT2D eigenvalue weighted by molar-refractivity contribution is -0.163. The fourth-order valence-electron chi connectivity index (χ4n) is 4.35. The van der Waals surface area contributed by atoms with Crippen LogP contribution in [0.4, 0.5) is 5.69 Å². The molecule has 32 heavy (non-hydrogen) atoms. The summed E-state index contributed by atoms with van der Waals surface area (Å²) >= 11 is 0. The van der Waals surface area contributed by atoms with Crippen molar-refractivity contribution in [3.63, 3.8) is 0 Å². The first-order valence-corrected chi connectivity index (χ1v) is 11.2. The summed E-state index contributed by atoms with van der Waals surface area (Å²) in [5.74, 6) is 0.623. The van der Waals surface area contributed by atoms with Crippen molar-refractivity contribution >= 4 is 17.5 Å². The van der Waals surface area contributed by atoms with E-state index in [0.29, 0.717) is 45.0 Å². The molecule has 9 nitrogen and oxygen atoms in total. The predicted octanol–water partition coefficient (Wildman–Crippen LogP) is 1.35. The second-order valence-corrected chi connectivity index (χ2v) is 8.42. The summed E-state index contributed by atoms with van der Waals surface area (Å²) in [6.45, 7) is 2.40. The number of carbonyl (C=O) groups is 2. The van der Waals surface area contributed by atoms with Gasteiger partial charge in [-0.25, -0.2) is 0 Å². The van der Waals surface area contributed by atoms with Crippen LogP contribution in [0.5, 0.6) is 5.75 Å². The molecule has 0 bridgehead atoms. The fraction of sp³-hybridized carbons (Fsp3) is 0.522. The SMILES string of the molecule is Cn1cc(NC(=O)CN2CCOC3(CCCCc4ccccc4OCCNC3=O)C2)cn1. The second kappa shape index (κ2) is 10.1. The molecule has 9 heteroatoms. The number of hydrogen-bond acceptors (Lipinski definition) is 6. The van der Waals surface area contributed by atoms with Crippen LogP contribution >= 0.6 is 0 Å². The Kier molecular flexibility index (Phi) is 7.06. The van der Waals surface area contributed by atoms with Crippen molar-refractivity contribution in [3.05, 3.63) is 42.2 Å². The van der Waals surface area contributed by atoms with E-state index in [1.165, 1.54) is 5.56 Å². The average Bonchev–Trinajstić information content (AvgIpc) is 3.18. The van der Waals surface area contributed by atoms with Gasteiger partial charge in [-0.3, -0.25) is 19.2 Å². The van der Waals surface area contributed by atoms with Gasteiger partial charge in [0.2, 0.25) is 5.91 Å². The molecule has 3 heterocycles. The number of amides is 2. The number of aryl methyl sites for hydroxylation is 2. The van der Waals surface area contributed by atoms with E-state index in [9.17, 15) is 9.59 Å². The summed E-state index contributed by atoms with van der Waals surface area (Å²) in [7, 11) is 1.80. The normalized spacial score (nSPS) is 22.7. The van der Waals surface area contributed by atoms with E-state index < -0.39 is 5.60 Å². The molecule has 0 aliphatic carbocycles. The highest BCUT2D eigenvalue weighted by molar-refractivity contribution is 5.92. The van der Waals surface area contributed by atoms with Gasteiger partial charge in [0.05, 0.1) is 31.6 Å². The third-order valence-electron chi connectivity index (χ3n) is 5.93. The molecular weight excluding hydrogens is 410 g/mol. The number of anilines is 1. The van der Waals surface area contributed by atoms with Gasteiger partial charge >= 0.3 is 0 Å². The third kappa shape index (κ3) is 5.46. The topological polar surface area (TPSA) is 97.7 Å². The molecule has 2 aliphatic rings. The summed E-state index contributed by atoms with van der Waals surface area (Å²) < 4.78 is 13.6. The van der Waals surface area contributed by atoms with Gasteiger partial charge in [-0.05, 0) is 37.3 Å². The Morgan fingerprint density at radius 1 is 1.28 bits per heavy atom. The lowest BCUT2D eigenvalue weighted by atomic mass is 9.91. The minimum atomic E-state index is -0.953. The van der Waals surface area contributed by atoms with Gasteiger partial charge in [0.25, 0.3) is 5.91 Å². The lowest BCUT2D eigenvalue weighted by Gasteiger charge is -2.41. The molecule has 2 amide bonds. The van der Waals surface area contributed by atoms with Gasteiger partial charge in [0, 0.05) is 26.3 Å². The molecule has 2 aliphatic heterocycles. The van der Waals surface area contributed by atoms with E-state index in [4.69, 9.17) is 9.47 Å². The van der Waals surface area contributed by atoms with Crippen molar-refractivity contribution < 1.29 is 19.1 Å². The Hall–Kier alpha value is -2.91. The van der Waals surface area contributed by atoms with Crippen LogP contribution in [0.1, 0.15) is 24.8 Å². The summed E-state index contributed by atoms with van der Waals surface area (Å²) in [4.78, 5) is 27.7. The molecule has 1 aromatic carbocycles. The van der Waals surface area contributed by atoms with Gasteiger partial charge in [0.1, 0.15) is 12.4 Å². The third-order valence-corrected chi connectivity index (χ3v) is 5.93. The van der Waals surface area contributed by atoms with Crippen LogP contribution in [0.3, 0.4) is 0 Å². The van der Waals surface area contributed by atoms with Crippen molar-refractivity contribution in [1.29, 1.82) is 0 Å². The summed E-state index contributed by atoms with van der Waals surface area (Å²) in [6.07, 6.45) is 6.64. The summed E-state index contributed by atoms with van der Waals surface area (Å²) in [5, 5.41) is 9.90. The molecule has 2 aromatic rings. The number of para-hydroxylation sites is 1. The van der Waals surface area contributed by atoms with E-state index in [1.54, 1.807) is 24.1 Å². The number of fused-ring (bicyclic) bond motifs is 1. The van der Waals surface area contributed by atoms with E-state index in [-0.39, 0.29) is 18.4 Å². The molecule has 172 valence electrons. The number of aromatic nitrogens is 2. The summed E-state index contributed by atoms with van der Waals surface area (Å²) in [5.41, 5.74) is 0.891. The van der Waals surface area contributed by atoms with Crippen molar-refractivity contribution in [3.8, 4) is 5.75 Å². The van der Waals surface area contributed by atoms with Crippen molar-refractivity contribution in [2.24, 2.45) is 7.05 Å². The van der Waals surface area contributed by atoms with Crippen LogP contribution in [0.2, 0.25) is 0 Å². The summed E-state index contributed by atoms with van der Waals surface area (Å²) in [6, 6.07) is 8.06. The first-order chi connectivity index (χ1) is 15.5. The Balaban J connectivity index is 1.40. The van der Waals surface area contributed by atoms with Crippen molar-refractivity contribution in [1.82, 2.24) is 20.0 Å². The minimum Gasteiger partial charge on any atom is -0.491 e. The maximum absolute atomic E-state index is 13.1. The second-order valence-electron chi connectivity index (χ2n) is 8.42. The molecule has 4 rings (SSSR count). The molecule has 0 radical (unpaired) electrons. The number of benzene rings is 1. The molecule has 1 aromatic heterocycles. The standard InChI is InChI=1S/C23H31N5O4/c1-27-15-19(14-25-27)26-21(29)16-28-11-13-32-23(17-28)9-5-4-7-18-6-2-3-8-20(18)31-12-10-24-22(23)30/h2-3,6,8,14-15H,4-5,7,9-13,16-17H2,1H3,(H,24,30)(H,26,29). The maximum Gasteiger partial charge on any atom is 0.253 e. The number of carbonyl (C=O) groups excluding carboxylic acids is 2. The zero-order valence-corrected chi connectivity index (χ0v) is 18.5. The lowest BCUT2D eigenvalue weighted by Crippen LogP contribution is -2.61. The molecule has 1 fully saturated rings. The molecule has 1 saturated heterocycles. The van der Waals surface area contributed by atoms with Gasteiger partial charge in [-0.2, -0.15) is 5.10 Å². The van der Waals surface area contributed by atoms with Crippen molar-refractivity contribution in [2.75, 3.05) is 44.7 Å². The molecular formula is C23H31N5O4. The monoisotopic (exact) mass is 441 g/mol. The first kappa shape index (κ1) is 22.3. The quantitative estimate of drug-likeness (QED) is 0.746. The van der Waals surface area contributed by atoms with E-state index in [1.807, 2.05) is 23.1 Å². The number of nitrogens with zero attached hydrogens (tertiary/aromatic N) is 3. The van der Waals surface area contributed by atoms with Crippen LogP contribution in [0.15, 0.2) is 36.7 Å². The van der Waals surface area contributed by atoms with Gasteiger partial charge in [0.15, 0.2) is 5.60 Å². The molecule has 0 saturated carbocycles. The average molecular weight is 442 g/mol. The number of nitrogens with one attached hydrogen (secondary N) is 2. The van der Waals surface area contributed by atoms with E-state index >= 15 is 0 Å². The van der Waals surface area contributed by atoms with Crippen LogP contribution in [-0.2, 0) is 27.8 Å². The highest BCUT2D eigenvalue weighted by atomic mass is 16.5. The number of morpholine rings is 1. The Morgan fingerprint density at radius 3 is 3.00 bits per heavy atom. The van der Waals surface area contributed by atoms with Gasteiger partial charge < -0.3 is 20.1 Å². The Morgan fingerprint density at radius 2 is 2.16 bits per heavy atom. The highest BCUT2D eigenvalue weighted by Crippen LogP contribution is 2.27. The number of rotatable bonds is 3. The largest absolute Gasteiger partial charge is 0.491 e. The van der Waals surface area contributed by atoms with Gasteiger partial charge in [-0.1, -0.05) is 18.2 Å². The zero-order valence-electron chi connectivity index (χ0n) is 18.5. The predicted molar refractivity (Wildman–Crippen MR) is 119 cm³/mol. The molecule has 1 atom stereocenters. The van der Waals surface area contributed by atoms with Crippen LogP contribution < -0.4 is 15.4 Å². The molecule has 1 spiro atoms. The number of hydrogen-bond donors (Lipinski definition) is 2. The van der Waals surface area contributed by atoms with E-state index in [2.05, 4.69) is 21.8 Å². The van der Waals surface area contributed by atoms with Crippen LogP contribution in [0, 0.1) is 0 Å².